The summed E-state index contributed by atoms with van der Waals surface area (Å²) in [7, 11) is 0. The van der Waals surface area contributed by atoms with Crippen molar-refractivity contribution in [3.63, 3.8) is 0 Å². The second-order valence-electron chi connectivity index (χ2n) is 3.36. The molecular formula is C11H12N2O. The Morgan fingerprint density at radius 3 is 3.00 bits per heavy atom. The van der Waals surface area contributed by atoms with E-state index in [0.717, 1.165) is 23.2 Å². The minimum atomic E-state index is -0.000648. The zero-order chi connectivity index (χ0) is 10.1. The highest BCUT2D eigenvalue weighted by Gasteiger charge is 2.03. The van der Waals surface area contributed by atoms with E-state index < -0.39 is 0 Å². The van der Waals surface area contributed by atoms with Crippen LogP contribution in [0, 0.1) is 6.92 Å². The zero-order valence-electron chi connectivity index (χ0n) is 8.29. The molecule has 0 aliphatic heterocycles. The molecule has 0 atom stereocenters. The number of aromatic nitrogens is 2. The lowest BCUT2D eigenvalue weighted by Crippen LogP contribution is -2.07. The Hall–Kier alpha value is -1.64. The molecule has 2 aromatic heterocycles. The molecule has 0 radical (unpaired) electrons. The number of H-pyrrole nitrogens is 1. The third-order valence-electron chi connectivity index (χ3n) is 2.36. The largest absolute Gasteiger partial charge is 0.357 e. The van der Waals surface area contributed by atoms with Gasteiger partial charge in [-0.3, -0.25) is 9.78 Å². The number of nitrogens with zero attached hydrogens (tertiary/aromatic N) is 1. The van der Waals surface area contributed by atoms with E-state index in [9.17, 15) is 4.79 Å². The smallest absolute Gasteiger partial charge is 0.208 e. The van der Waals surface area contributed by atoms with Crippen LogP contribution in [0.2, 0.25) is 0 Å². The van der Waals surface area contributed by atoms with Gasteiger partial charge in [-0.2, -0.15) is 0 Å². The van der Waals surface area contributed by atoms with Crippen molar-refractivity contribution in [1.82, 2.24) is 9.97 Å². The summed E-state index contributed by atoms with van der Waals surface area (Å²) in [4.78, 5) is 18.9. The number of fused-ring (bicyclic) bond motifs is 1. The molecule has 3 nitrogen and oxygen atoms in total. The van der Waals surface area contributed by atoms with Gasteiger partial charge in [0.1, 0.15) is 5.52 Å². The number of hydrogen-bond acceptors (Lipinski definition) is 2. The van der Waals surface area contributed by atoms with Crippen LogP contribution >= 0.6 is 0 Å². The molecule has 72 valence electrons. The van der Waals surface area contributed by atoms with E-state index in [1.165, 1.54) is 0 Å². The van der Waals surface area contributed by atoms with Gasteiger partial charge in [0.05, 0.1) is 5.52 Å². The van der Waals surface area contributed by atoms with Crippen LogP contribution in [0.15, 0.2) is 23.1 Å². The second-order valence-corrected chi connectivity index (χ2v) is 3.36. The molecule has 0 spiro atoms. The molecule has 0 bridgehead atoms. The van der Waals surface area contributed by atoms with Crippen molar-refractivity contribution in [2.45, 2.75) is 20.3 Å². The first kappa shape index (κ1) is 8.94. The molecule has 0 fully saturated rings. The number of hydrogen-bond donors (Lipinski definition) is 1. The molecule has 3 heteroatoms. The van der Waals surface area contributed by atoms with Crippen LogP contribution in [0.4, 0.5) is 0 Å². The summed E-state index contributed by atoms with van der Waals surface area (Å²) in [6.07, 6.45) is 2.50. The SMILES string of the molecule is CCc1cc(=O)c2nccc(C)c2[nH]1. The number of rotatable bonds is 1. The predicted octanol–water partition coefficient (Wildman–Crippen LogP) is 1.79. The number of aromatic amines is 1. The van der Waals surface area contributed by atoms with E-state index in [2.05, 4.69) is 9.97 Å². The topological polar surface area (TPSA) is 45.8 Å². The Morgan fingerprint density at radius 1 is 1.50 bits per heavy atom. The van der Waals surface area contributed by atoms with E-state index in [1.54, 1.807) is 12.3 Å². The van der Waals surface area contributed by atoms with Gasteiger partial charge in [-0.15, -0.1) is 0 Å². The fourth-order valence-electron chi connectivity index (χ4n) is 1.52. The summed E-state index contributed by atoms with van der Waals surface area (Å²) in [5.74, 6) is 0. The lowest BCUT2D eigenvalue weighted by Gasteiger charge is -2.03. The van der Waals surface area contributed by atoms with Crippen LogP contribution in [-0.2, 0) is 6.42 Å². The Labute approximate surface area is 81.8 Å². The maximum atomic E-state index is 11.6. The Balaban J connectivity index is 2.91. The average molecular weight is 188 g/mol. The molecule has 2 heterocycles. The van der Waals surface area contributed by atoms with Gasteiger partial charge in [-0.05, 0) is 25.0 Å². The van der Waals surface area contributed by atoms with Gasteiger partial charge in [0.25, 0.3) is 0 Å². The minimum Gasteiger partial charge on any atom is -0.357 e. The summed E-state index contributed by atoms with van der Waals surface area (Å²) >= 11 is 0. The first-order valence-electron chi connectivity index (χ1n) is 4.70. The Kier molecular flexibility index (Phi) is 2.08. The summed E-state index contributed by atoms with van der Waals surface area (Å²) in [5, 5.41) is 0. The molecule has 0 aliphatic rings. The van der Waals surface area contributed by atoms with Gasteiger partial charge in [0.15, 0.2) is 0 Å². The van der Waals surface area contributed by atoms with Crippen molar-refractivity contribution in [2.75, 3.05) is 0 Å². The molecule has 0 aliphatic carbocycles. The van der Waals surface area contributed by atoms with Crippen molar-refractivity contribution < 1.29 is 0 Å². The molecule has 0 aromatic carbocycles. The van der Waals surface area contributed by atoms with E-state index in [1.807, 2.05) is 19.9 Å². The Bertz CT molecular complexity index is 528. The van der Waals surface area contributed by atoms with Crippen LogP contribution in [0.1, 0.15) is 18.2 Å². The maximum absolute atomic E-state index is 11.6. The van der Waals surface area contributed by atoms with Crippen LogP contribution < -0.4 is 5.43 Å². The van der Waals surface area contributed by atoms with Gasteiger partial charge in [0, 0.05) is 18.0 Å². The third kappa shape index (κ3) is 1.31. The lowest BCUT2D eigenvalue weighted by molar-refractivity contribution is 1.04. The van der Waals surface area contributed by atoms with Crippen molar-refractivity contribution in [3.05, 3.63) is 39.8 Å². The minimum absolute atomic E-state index is 0.000648. The van der Waals surface area contributed by atoms with E-state index in [0.29, 0.717) is 5.52 Å². The molecule has 0 unspecified atom stereocenters. The number of pyridine rings is 2. The first-order valence-corrected chi connectivity index (χ1v) is 4.70. The maximum Gasteiger partial charge on any atom is 0.208 e. The van der Waals surface area contributed by atoms with Gasteiger partial charge >= 0.3 is 0 Å². The van der Waals surface area contributed by atoms with E-state index >= 15 is 0 Å². The summed E-state index contributed by atoms with van der Waals surface area (Å²) in [6, 6.07) is 3.52. The summed E-state index contributed by atoms with van der Waals surface area (Å²) in [5.41, 5.74) is 3.40. The van der Waals surface area contributed by atoms with Gasteiger partial charge in [-0.25, -0.2) is 0 Å². The van der Waals surface area contributed by atoms with E-state index in [-0.39, 0.29) is 5.43 Å². The van der Waals surface area contributed by atoms with Crippen LogP contribution in [-0.4, -0.2) is 9.97 Å². The fraction of sp³-hybridized carbons (Fsp3) is 0.273. The first-order chi connectivity index (χ1) is 6.72. The van der Waals surface area contributed by atoms with Crippen molar-refractivity contribution in [3.8, 4) is 0 Å². The molecule has 2 aromatic rings. The molecule has 14 heavy (non-hydrogen) atoms. The number of aryl methyl sites for hydroxylation is 2. The quantitative estimate of drug-likeness (QED) is 0.741. The highest BCUT2D eigenvalue weighted by molar-refractivity contribution is 5.77. The van der Waals surface area contributed by atoms with Crippen LogP contribution in [0.5, 0.6) is 0 Å². The standard InChI is InChI=1S/C11H12N2O/c1-3-8-6-9(14)11-10(13-8)7(2)4-5-12-11/h4-6H,3H2,1-2H3,(H,13,14). The van der Waals surface area contributed by atoms with Crippen LogP contribution in [0.3, 0.4) is 0 Å². The monoisotopic (exact) mass is 188 g/mol. The fourth-order valence-corrected chi connectivity index (χ4v) is 1.52. The predicted molar refractivity (Wildman–Crippen MR) is 56.5 cm³/mol. The van der Waals surface area contributed by atoms with Gasteiger partial charge in [0.2, 0.25) is 5.43 Å². The highest BCUT2D eigenvalue weighted by atomic mass is 16.1. The highest BCUT2D eigenvalue weighted by Crippen LogP contribution is 2.10. The third-order valence-corrected chi connectivity index (χ3v) is 2.36. The molecule has 0 saturated carbocycles. The van der Waals surface area contributed by atoms with Crippen molar-refractivity contribution >= 4 is 11.0 Å². The lowest BCUT2D eigenvalue weighted by atomic mass is 10.2. The Morgan fingerprint density at radius 2 is 2.29 bits per heavy atom. The van der Waals surface area contributed by atoms with Gasteiger partial charge in [-0.1, -0.05) is 6.92 Å². The zero-order valence-corrected chi connectivity index (χ0v) is 8.29. The van der Waals surface area contributed by atoms with Crippen molar-refractivity contribution in [1.29, 1.82) is 0 Å². The molecule has 0 saturated heterocycles. The second kappa shape index (κ2) is 3.25. The van der Waals surface area contributed by atoms with Crippen molar-refractivity contribution in [2.24, 2.45) is 0 Å². The summed E-state index contributed by atoms with van der Waals surface area (Å²) in [6.45, 7) is 3.99. The molecule has 2 rings (SSSR count). The summed E-state index contributed by atoms with van der Waals surface area (Å²) < 4.78 is 0. The van der Waals surface area contributed by atoms with Crippen LogP contribution in [0.25, 0.3) is 11.0 Å². The molecular weight excluding hydrogens is 176 g/mol. The van der Waals surface area contributed by atoms with Gasteiger partial charge < -0.3 is 4.98 Å². The normalized spacial score (nSPS) is 10.7. The molecule has 0 amide bonds. The molecule has 1 N–H and O–H groups in total. The van der Waals surface area contributed by atoms with E-state index in [4.69, 9.17) is 0 Å². The number of nitrogens with one attached hydrogen (secondary N) is 1. The average Bonchev–Trinajstić information content (AvgIpc) is 2.19.